The zero-order valence-electron chi connectivity index (χ0n) is 25.5. The summed E-state index contributed by atoms with van der Waals surface area (Å²) in [6, 6.07) is 26.5. The summed E-state index contributed by atoms with van der Waals surface area (Å²) < 4.78 is 44.1. The molecule has 0 radical (unpaired) electrons. The van der Waals surface area contributed by atoms with Gasteiger partial charge in [-0.1, -0.05) is 90.8 Å². The number of anilines is 1. The number of amides is 2. The number of aryl methyl sites for hydroxylation is 1. The second-order valence-electron chi connectivity index (χ2n) is 10.9. The van der Waals surface area contributed by atoms with Crippen molar-refractivity contribution in [3.05, 3.63) is 131 Å². The summed E-state index contributed by atoms with van der Waals surface area (Å²) in [5.41, 5.74) is 2.06. The third kappa shape index (κ3) is 8.71. The van der Waals surface area contributed by atoms with Crippen LogP contribution in [0, 0.1) is 12.7 Å². The van der Waals surface area contributed by atoms with Crippen molar-refractivity contribution in [2.75, 3.05) is 10.8 Å². The van der Waals surface area contributed by atoms with Crippen LogP contribution in [0.15, 0.2) is 108 Å². The molecular formula is C35H37ClFN3O4S. The number of hydrogen-bond acceptors (Lipinski definition) is 4. The number of carbonyl (C=O) groups is 2. The largest absolute Gasteiger partial charge is 0.352 e. The second kappa shape index (κ2) is 15.2. The molecule has 0 aliphatic heterocycles. The van der Waals surface area contributed by atoms with Crippen molar-refractivity contribution >= 4 is 39.1 Å². The van der Waals surface area contributed by atoms with E-state index in [0.29, 0.717) is 17.0 Å². The van der Waals surface area contributed by atoms with Gasteiger partial charge in [0.25, 0.3) is 10.0 Å². The lowest BCUT2D eigenvalue weighted by molar-refractivity contribution is -0.140. The predicted molar refractivity (Wildman–Crippen MR) is 176 cm³/mol. The van der Waals surface area contributed by atoms with E-state index in [1.165, 1.54) is 35.2 Å². The van der Waals surface area contributed by atoms with Gasteiger partial charge in [0, 0.05) is 24.0 Å². The van der Waals surface area contributed by atoms with E-state index in [-0.39, 0.29) is 35.5 Å². The lowest BCUT2D eigenvalue weighted by Gasteiger charge is -2.34. The Morgan fingerprint density at radius 2 is 1.49 bits per heavy atom. The van der Waals surface area contributed by atoms with Crippen LogP contribution in [0.1, 0.15) is 37.0 Å². The highest BCUT2D eigenvalue weighted by molar-refractivity contribution is 7.92. The minimum Gasteiger partial charge on any atom is -0.352 e. The van der Waals surface area contributed by atoms with Crippen molar-refractivity contribution in [2.24, 2.45) is 0 Å². The van der Waals surface area contributed by atoms with E-state index in [1.54, 1.807) is 36.4 Å². The van der Waals surface area contributed by atoms with E-state index in [9.17, 15) is 18.0 Å². The molecule has 0 unspecified atom stereocenters. The van der Waals surface area contributed by atoms with Gasteiger partial charge in [0.15, 0.2) is 0 Å². The van der Waals surface area contributed by atoms with Crippen molar-refractivity contribution in [3.63, 3.8) is 0 Å². The summed E-state index contributed by atoms with van der Waals surface area (Å²) in [6.45, 7) is 4.87. The Labute approximate surface area is 269 Å². The summed E-state index contributed by atoms with van der Waals surface area (Å²) in [6.07, 6.45) is 0.845. The molecular weight excluding hydrogens is 613 g/mol. The summed E-state index contributed by atoms with van der Waals surface area (Å²) in [4.78, 5) is 29.5. The number of nitrogens with zero attached hydrogens (tertiary/aromatic N) is 2. The lowest BCUT2D eigenvalue weighted by atomic mass is 10.0. The summed E-state index contributed by atoms with van der Waals surface area (Å²) >= 11 is 6.12. The molecule has 0 spiro atoms. The third-order valence-electron chi connectivity index (χ3n) is 7.55. The molecule has 0 fully saturated rings. The van der Waals surface area contributed by atoms with Gasteiger partial charge in [0.2, 0.25) is 11.8 Å². The number of carbonyl (C=O) groups excluding carboxylic acids is 2. The predicted octanol–water partition coefficient (Wildman–Crippen LogP) is 6.54. The first-order valence-corrected chi connectivity index (χ1v) is 16.5. The monoisotopic (exact) mass is 649 g/mol. The number of rotatable bonds is 13. The Hall–Kier alpha value is -4.21. The first kappa shape index (κ1) is 33.7. The Balaban J connectivity index is 1.81. The van der Waals surface area contributed by atoms with E-state index in [1.807, 2.05) is 51.1 Å². The van der Waals surface area contributed by atoms with Crippen LogP contribution in [0.5, 0.6) is 0 Å². The fourth-order valence-corrected chi connectivity index (χ4v) is 6.33. The fraction of sp³-hybridized carbons (Fsp3) is 0.257. The molecule has 7 nitrogen and oxygen atoms in total. The standard InChI is InChI=1S/C35H37ClFN3O4S/c1-4-26(3)38-35(42)33(22-27-10-6-5-7-11-27)39(23-28-16-18-29(36)19-17-28)34(41)24-40(32-13-9-8-12-31(32)37)45(43,44)30-20-14-25(2)15-21-30/h5-21,26,33H,4,22-24H2,1-3H3,(H,38,42)/t26-,33-/m0/s1. The van der Waals surface area contributed by atoms with Gasteiger partial charge in [-0.05, 0) is 67.8 Å². The van der Waals surface area contributed by atoms with E-state index in [4.69, 9.17) is 11.6 Å². The molecule has 10 heteroatoms. The molecule has 2 amide bonds. The Kier molecular flexibility index (Phi) is 11.4. The van der Waals surface area contributed by atoms with Gasteiger partial charge >= 0.3 is 0 Å². The number of halogens is 2. The minimum atomic E-state index is -4.40. The topological polar surface area (TPSA) is 86.8 Å². The lowest BCUT2D eigenvalue weighted by Crippen LogP contribution is -2.54. The normalized spacial score (nSPS) is 12.6. The second-order valence-corrected chi connectivity index (χ2v) is 13.2. The molecule has 4 aromatic carbocycles. The zero-order valence-corrected chi connectivity index (χ0v) is 27.1. The van der Waals surface area contributed by atoms with E-state index < -0.39 is 34.3 Å². The Morgan fingerprint density at radius 3 is 2.11 bits per heavy atom. The van der Waals surface area contributed by atoms with Gasteiger partial charge in [0.1, 0.15) is 18.4 Å². The van der Waals surface area contributed by atoms with Crippen molar-refractivity contribution in [1.82, 2.24) is 10.2 Å². The molecule has 0 aliphatic rings. The SMILES string of the molecule is CC[C@H](C)NC(=O)[C@H](Cc1ccccc1)N(Cc1ccc(Cl)cc1)C(=O)CN(c1ccccc1F)S(=O)(=O)c1ccc(C)cc1. The molecule has 0 heterocycles. The minimum absolute atomic E-state index is 0.0167. The summed E-state index contributed by atoms with van der Waals surface area (Å²) in [5, 5.41) is 3.49. The van der Waals surface area contributed by atoms with Crippen LogP contribution in [0.3, 0.4) is 0 Å². The smallest absolute Gasteiger partial charge is 0.264 e. The average molecular weight is 650 g/mol. The highest BCUT2D eigenvalue weighted by atomic mass is 35.5. The van der Waals surface area contributed by atoms with E-state index in [0.717, 1.165) is 21.5 Å². The number of nitrogens with one attached hydrogen (secondary N) is 1. The van der Waals surface area contributed by atoms with Crippen molar-refractivity contribution < 1.29 is 22.4 Å². The van der Waals surface area contributed by atoms with Gasteiger partial charge in [-0.15, -0.1) is 0 Å². The maximum absolute atomic E-state index is 15.2. The fourth-order valence-electron chi connectivity index (χ4n) is 4.79. The Bertz CT molecular complexity index is 1700. The molecule has 0 aliphatic carbocycles. The van der Waals surface area contributed by atoms with Gasteiger partial charge in [-0.25, -0.2) is 12.8 Å². The maximum atomic E-state index is 15.2. The summed E-state index contributed by atoms with van der Waals surface area (Å²) in [5.74, 6) is -1.86. The molecule has 4 aromatic rings. The van der Waals surface area contributed by atoms with Gasteiger partial charge in [0.05, 0.1) is 10.6 Å². The van der Waals surface area contributed by atoms with Gasteiger partial charge in [-0.3, -0.25) is 13.9 Å². The molecule has 0 bridgehead atoms. The Morgan fingerprint density at radius 1 is 0.867 bits per heavy atom. The number of para-hydroxylation sites is 1. The van der Waals surface area contributed by atoms with Crippen molar-refractivity contribution in [1.29, 1.82) is 0 Å². The highest BCUT2D eigenvalue weighted by Gasteiger charge is 2.35. The molecule has 45 heavy (non-hydrogen) atoms. The molecule has 4 rings (SSSR count). The number of hydrogen-bond donors (Lipinski definition) is 1. The maximum Gasteiger partial charge on any atom is 0.264 e. The molecule has 2 atom stereocenters. The molecule has 0 aromatic heterocycles. The molecule has 236 valence electrons. The molecule has 0 saturated carbocycles. The molecule has 0 saturated heterocycles. The summed E-state index contributed by atoms with van der Waals surface area (Å²) in [7, 11) is -4.40. The number of sulfonamides is 1. The highest BCUT2D eigenvalue weighted by Crippen LogP contribution is 2.27. The average Bonchev–Trinajstić information content (AvgIpc) is 3.03. The van der Waals surface area contributed by atoms with Crippen LogP contribution in [-0.2, 0) is 32.6 Å². The van der Waals surface area contributed by atoms with Gasteiger partial charge < -0.3 is 10.2 Å². The van der Waals surface area contributed by atoms with Crippen molar-refractivity contribution in [2.45, 2.75) is 57.1 Å². The third-order valence-corrected chi connectivity index (χ3v) is 9.57. The van der Waals surface area contributed by atoms with Gasteiger partial charge in [-0.2, -0.15) is 0 Å². The van der Waals surface area contributed by atoms with Crippen LogP contribution < -0.4 is 9.62 Å². The van der Waals surface area contributed by atoms with Crippen LogP contribution in [0.2, 0.25) is 5.02 Å². The van der Waals surface area contributed by atoms with Crippen LogP contribution >= 0.6 is 11.6 Å². The van der Waals surface area contributed by atoms with E-state index in [2.05, 4.69) is 5.32 Å². The number of benzene rings is 4. The zero-order chi connectivity index (χ0) is 32.6. The van der Waals surface area contributed by atoms with Crippen LogP contribution in [-0.4, -0.2) is 43.8 Å². The van der Waals surface area contributed by atoms with Crippen LogP contribution in [0.25, 0.3) is 0 Å². The molecule has 1 N–H and O–H groups in total. The quantitative estimate of drug-likeness (QED) is 0.178. The first-order valence-electron chi connectivity index (χ1n) is 14.7. The van der Waals surface area contributed by atoms with Crippen LogP contribution in [0.4, 0.5) is 10.1 Å². The first-order chi connectivity index (χ1) is 21.5. The van der Waals surface area contributed by atoms with Crippen molar-refractivity contribution in [3.8, 4) is 0 Å². The van der Waals surface area contributed by atoms with E-state index >= 15 is 4.39 Å².